The molecule has 0 fully saturated rings. The van der Waals surface area contributed by atoms with Gasteiger partial charge < -0.3 is 10.1 Å². The summed E-state index contributed by atoms with van der Waals surface area (Å²) in [7, 11) is 0. The van der Waals surface area contributed by atoms with Crippen molar-refractivity contribution in [2.45, 2.75) is 25.6 Å². The predicted octanol–water partition coefficient (Wildman–Crippen LogP) is 5.15. The van der Waals surface area contributed by atoms with Crippen LogP contribution in [0, 0.1) is 0 Å². The van der Waals surface area contributed by atoms with E-state index in [0.29, 0.717) is 16.3 Å². The molecule has 1 amide bonds. The summed E-state index contributed by atoms with van der Waals surface area (Å²) in [4.78, 5) is 12.5. The van der Waals surface area contributed by atoms with E-state index in [9.17, 15) is 18.0 Å². The van der Waals surface area contributed by atoms with E-state index in [1.54, 1.807) is 38.1 Å². The Morgan fingerprint density at radius 2 is 1.62 bits per heavy atom. The summed E-state index contributed by atoms with van der Waals surface area (Å²) in [5.74, 6) is -0.689. The molecule has 0 aromatic heterocycles. The van der Waals surface area contributed by atoms with E-state index in [0.717, 1.165) is 12.1 Å². The van der Waals surface area contributed by atoms with Crippen LogP contribution in [0.25, 0.3) is 0 Å². The summed E-state index contributed by atoms with van der Waals surface area (Å²) < 4.78 is 40.2. The first-order chi connectivity index (χ1) is 11.1. The average Bonchev–Trinajstić information content (AvgIpc) is 2.48. The second kappa shape index (κ2) is 6.73. The van der Waals surface area contributed by atoms with E-state index >= 15 is 0 Å². The minimum absolute atomic E-state index is 0.333. The standard InChI is InChI=1S/C17H15ClF3NO2/c1-16(2,13-5-3-4-6-14(13)18)15(23)22-11-7-9-12(10-8-11)24-17(19,20)21/h3-10H,1-2H3,(H,22,23). The number of anilines is 1. The highest BCUT2D eigenvalue weighted by Gasteiger charge is 2.32. The van der Waals surface area contributed by atoms with Crippen molar-refractivity contribution in [2.75, 3.05) is 5.32 Å². The van der Waals surface area contributed by atoms with E-state index in [2.05, 4.69) is 10.1 Å². The summed E-state index contributed by atoms with van der Waals surface area (Å²) >= 11 is 6.14. The van der Waals surface area contributed by atoms with Crippen LogP contribution in [-0.4, -0.2) is 12.3 Å². The summed E-state index contributed by atoms with van der Waals surface area (Å²) in [5.41, 5.74) is 0.0929. The van der Waals surface area contributed by atoms with Gasteiger partial charge in [0.1, 0.15) is 5.75 Å². The van der Waals surface area contributed by atoms with Gasteiger partial charge in [-0.25, -0.2) is 0 Å². The van der Waals surface area contributed by atoms with Crippen molar-refractivity contribution in [3.8, 4) is 5.75 Å². The average molecular weight is 358 g/mol. The molecule has 0 heterocycles. The maximum Gasteiger partial charge on any atom is 0.573 e. The number of ether oxygens (including phenoxy) is 1. The van der Waals surface area contributed by atoms with Gasteiger partial charge >= 0.3 is 6.36 Å². The van der Waals surface area contributed by atoms with Crippen molar-refractivity contribution >= 4 is 23.2 Å². The van der Waals surface area contributed by atoms with Crippen LogP contribution in [0.2, 0.25) is 5.02 Å². The van der Waals surface area contributed by atoms with Crippen LogP contribution in [0.4, 0.5) is 18.9 Å². The molecule has 24 heavy (non-hydrogen) atoms. The highest BCUT2D eigenvalue weighted by molar-refractivity contribution is 6.31. The maximum absolute atomic E-state index is 12.5. The minimum Gasteiger partial charge on any atom is -0.406 e. The Morgan fingerprint density at radius 1 is 1.04 bits per heavy atom. The number of benzene rings is 2. The van der Waals surface area contributed by atoms with Crippen molar-refractivity contribution in [3.63, 3.8) is 0 Å². The number of hydrogen-bond donors (Lipinski definition) is 1. The normalized spacial score (nSPS) is 11.9. The first-order valence-electron chi connectivity index (χ1n) is 7.02. The Hall–Kier alpha value is -2.21. The SMILES string of the molecule is CC(C)(C(=O)Nc1ccc(OC(F)(F)F)cc1)c1ccccc1Cl. The molecule has 0 saturated carbocycles. The number of amides is 1. The van der Waals surface area contributed by atoms with Crippen LogP contribution < -0.4 is 10.1 Å². The van der Waals surface area contributed by atoms with Gasteiger partial charge in [-0.1, -0.05) is 29.8 Å². The molecule has 0 saturated heterocycles. The van der Waals surface area contributed by atoms with Gasteiger partial charge in [-0.05, 0) is 49.7 Å². The Morgan fingerprint density at radius 3 is 2.17 bits per heavy atom. The number of carbonyl (C=O) groups excluding carboxylic acids is 1. The van der Waals surface area contributed by atoms with E-state index in [-0.39, 0.29) is 11.7 Å². The zero-order valence-corrected chi connectivity index (χ0v) is 13.7. The number of alkyl halides is 3. The van der Waals surface area contributed by atoms with Crippen LogP contribution in [0.1, 0.15) is 19.4 Å². The molecule has 0 atom stereocenters. The molecule has 2 aromatic carbocycles. The van der Waals surface area contributed by atoms with Gasteiger partial charge in [0, 0.05) is 10.7 Å². The number of rotatable bonds is 4. The molecule has 0 aliphatic heterocycles. The predicted molar refractivity (Wildman–Crippen MR) is 86.2 cm³/mol. The molecular formula is C17H15ClF3NO2. The molecule has 0 aliphatic rings. The van der Waals surface area contributed by atoms with Crippen molar-refractivity contribution in [1.82, 2.24) is 0 Å². The number of halogens is 4. The highest BCUT2D eigenvalue weighted by Crippen LogP contribution is 2.31. The first-order valence-corrected chi connectivity index (χ1v) is 7.39. The van der Waals surface area contributed by atoms with Gasteiger partial charge in [-0.3, -0.25) is 4.79 Å². The summed E-state index contributed by atoms with van der Waals surface area (Å²) in [6.45, 7) is 3.43. The van der Waals surface area contributed by atoms with Gasteiger partial charge in [0.15, 0.2) is 0 Å². The van der Waals surface area contributed by atoms with Crippen LogP contribution in [0.3, 0.4) is 0 Å². The fourth-order valence-corrected chi connectivity index (χ4v) is 2.49. The lowest BCUT2D eigenvalue weighted by Crippen LogP contribution is -2.35. The molecule has 3 nitrogen and oxygen atoms in total. The van der Waals surface area contributed by atoms with E-state index in [1.165, 1.54) is 12.1 Å². The Balaban J connectivity index is 2.13. The molecule has 2 rings (SSSR count). The zero-order valence-electron chi connectivity index (χ0n) is 12.9. The number of nitrogens with one attached hydrogen (secondary N) is 1. The Labute approximate surface area is 142 Å². The number of carbonyl (C=O) groups is 1. The quantitative estimate of drug-likeness (QED) is 0.821. The lowest BCUT2D eigenvalue weighted by atomic mass is 9.83. The van der Waals surface area contributed by atoms with Gasteiger partial charge in [-0.15, -0.1) is 13.2 Å². The molecule has 2 aromatic rings. The van der Waals surface area contributed by atoms with Crippen LogP contribution in [-0.2, 0) is 10.2 Å². The zero-order chi connectivity index (χ0) is 18.0. The van der Waals surface area contributed by atoms with Gasteiger partial charge in [0.05, 0.1) is 5.41 Å². The lowest BCUT2D eigenvalue weighted by Gasteiger charge is -2.25. The van der Waals surface area contributed by atoms with Gasteiger partial charge in [0.2, 0.25) is 5.91 Å². The largest absolute Gasteiger partial charge is 0.573 e. The van der Waals surface area contributed by atoms with Crippen molar-refractivity contribution in [3.05, 3.63) is 59.1 Å². The maximum atomic E-state index is 12.5. The monoisotopic (exact) mass is 357 g/mol. The van der Waals surface area contributed by atoms with Gasteiger partial charge in [0.25, 0.3) is 0 Å². The third kappa shape index (κ3) is 4.41. The molecule has 0 radical (unpaired) electrons. The molecule has 0 aliphatic carbocycles. The number of hydrogen-bond acceptors (Lipinski definition) is 2. The molecule has 0 bridgehead atoms. The third-order valence-electron chi connectivity index (χ3n) is 3.46. The Kier molecular flexibility index (Phi) is 5.08. The molecule has 0 unspecified atom stereocenters. The van der Waals surface area contributed by atoms with E-state index in [4.69, 9.17) is 11.6 Å². The molecule has 0 spiro atoms. The van der Waals surface area contributed by atoms with Crippen LogP contribution in [0.5, 0.6) is 5.75 Å². The minimum atomic E-state index is -4.75. The topological polar surface area (TPSA) is 38.3 Å². The molecular weight excluding hydrogens is 343 g/mol. The second-order valence-electron chi connectivity index (χ2n) is 5.63. The van der Waals surface area contributed by atoms with Crippen LogP contribution in [0.15, 0.2) is 48.5 Å². The smallest absolute Gasteiger partial charge is 0.406 e. The van der Waals surface area contributed by atoms with Gasteiger partial charge in [-0.2, -0.15) is 0 Å². The molecule has 128 valence electrons. The molecule has 1 N–H and O–H groups in total. The van der Waals surface area contributed by atoms with Crippen LogP contribution >= 0.6 is 11.6 Å². The highest BCUT2D eigenvalue weighted by atomic mass is 35.5. The Bertz CT molecular complexity index is 727. The second-order valence-corrected chi connectivity index (χ2v) is 6.04. The first kappa shape index (κ1) is 18.1. The summed E-state index contributed by atoms with van der Waals surface area (Å²) in [6.07, 6.45) is -4.75. The van der Waals surface area contributed by atoms with E-state index < -0.39 is 11.8 Å². The summed E-state index contributed by atoms with van der Waals surface area (Å²) in [5, 5.41) is 3.13. The van der Waals surface area contributed by atoms with Crippen molar-refractivity contribution < 1.29 is 22.7 Å². The molecule has 7 heteroatoms. The van der Waals surface area contributed by atoms with Crippen molar-refractivity contribution in [2.24, 2.45) is 0 Å². The fourth-order valence-electron chi connectivity index (χ4n) is 2.12. The summed E-state index contributed by atoms with van der Waals surface area (Å²) in [6, 6.07) is 11.9. The van der Waals surface area contributed by atoms with Crippen molar-refractivity contribution in [1.29, 1.82) is 0 Å². The van der Waals surface area contributed by atoms with E-state index in [1.807, 2.05) is 0 Å². The fraction of sp³-hybridized carbons (Fsp3) is 0.235. The lowest BCUT2D eigenvalue weighted by molar-refractivity contribution is -0.274. The third-order valence-corrected chi connectivity index (χ3v) is 3.79.